The highest BCUT2D eigenvalue weighted by Crippen LogP contribution is 2.27. The van der Waals surface area contributed by atoms with Gasteiger partial charge in [0.25, 0.3) is 15.9 Å². The van der Waals surface area contributed by atoms with E-state index < -0.39 is 43.9 Å². The number of nitrogens with zero attached hydrogens (tertiary/aromatic N) is 2. The first-order chi connectivity index (χ1) is 14.8. The molecule has 1 amide bonds. The monoisotopic (exact) mass is 449 g/mol. The van der Waals surface area contributed by atoms with Gasteiger partial charge in [-0.25, -0.2) is 13.8 Å². The van der Waals surface area contributed by atoms with E-state index >= 15 is 0 Å². The number of amides is 1. The summed E-state index contributed by atoms with van der Waals surface area (Å²) in [6.07, 6.45) is 2.37. The molecule has 0 aliphatic carbocycles. The van der Waals surface area contributed by atoms with Gasteiger partial charge in [0.1, 0.15) is 11.4 Å². The second kappa shape index (κ2) is 7.68. The minimum atomic E-state index is -4.28. The zero-order valence-corrected chi connectivity index (χ0v) is 16.5. The van der Waals surface area contributed by atoms with E-state index in [1.54, 1.807) is 0 Å². The molecular weight excluding hydrogens is 436 g/mol. The number of ether oxygens (including phenoxy) is 1. The molecule has 13 heteroatoms. The molecule has 3 N–H and O–H groups in total. The highest BCUT2D eigenvalue weighted by molar-refractivity contribution is 7.92. The summed E-state index contributed by atoms with van der Waals surface area (Å²) in [6.45, 7) is 0. The SMILES string of the molecule is COc1n[nH]c2ncc(NC(=O)c3c(F)ccc(NS(=O)(=O)c4ccco4)c3F)cc12. The van der Waals surface area contributed by atoms with Gasteiger partial charge in [-0.1, -0.05) is 0 Å². The average Bonchev–Trinajstić information content (AvgIpc) is 3.40. The highest BCUT2D eigenvalue weighted by Gasteiger charge is 2.25. The Morgan fingerprint density at radius 3 is 2.77 bits per heavy atom. The molecule has 160 valence electrons. The summed E-state index contributed by atoms with van der Waals surface area (Å²) in [4.78, 5) is 16.6. The molecule has 0 unspecified atom stereocenters. The van der Waals surface area contributed by atoms with Gasteiger partial charge in [0.05, 0.1) is 36.3 Å². The average molecular weight is 449 g/mol. The van der Waals surface area contributed by atoms with Crippen molar-refractivity contribution in [2.45, 2.75) is 5.09 Å². The third-order valence-electron chi connectivity index (χ3n) is 4.16. The number of sulfonamides is 1. The van der Waals surface area contributed by atoms with Crippen LogP contribution in [0.3, 0.4) is 0 Å². The molecule has 4 aromatic rings. The molecule has 4 rings (SSSR count). The van der Waals surface area contributed by atoms with Crippen molar-refractivity contribution in [3.63, 3.8) is 0 Å². The predicted molar refractivity (Wildman–Crippen MR) is 104 cm³/mol. The summed E-state index contributed by atoms with van der Waals surface area (Å²) in [5.74, 6) is -3.53. The van der Waals surface area contributed by atoms with Gasteiger partial charge in [0, 0.05) is 0 Å². The van der Waals surface area contributed by atoms with E-state index in [9.17, 15) is 22.0 Å². The number of halogens is 2. The second-order valence-corrected chi connectivity index (χ2v) is 7.74. The molecule has 0 saturated carbocycles. The van der Waals surface area contributed by atoms with Crippen molar-refractivity contribution >= 4 is 38.3 Å². The van der Waals surface area contributed by atoms with Crippen LogP contribution in [0.2, 0.25) is 0 Å². The minimum Gasteiger partial charge on any atom is -0.479 e. The number of pyridine rings is 1. The number of fused-ring (bicyclic) bond motifs is 1. The van der Waals surface area contributed by atoms with Crippen LogP contribution in [0.25, 0.3) is 11.0 Å². The van der Waals surface area contributed by atoms with Crippen molar-refractivity contribution in [1.29, 1.82) is 0 Å². The maximum atomic E-state index is 14.9. The number of hydrogen-bond acceptors (Lipinski definition) is 7. The van der Waals surface area contributed by atoms with Crippen LogP contribution < -0.4 is 14.8 Å². The standard InChI is InChI=1S/C18H13F2N5O5S/c1-29-18-10-7-9(8-21-16(10)23-24-18)22-17(26)14-11(19)4-5-12(15(14)20)25-31(27,28)13-3-2-6-30-13/h2-8,25H,1H3,(H,22,26)(H,21,23,24). The van der Waals surface area contributed by atoms with Gasteiger partial charge < -0.3 is 14.5 Å². The van der Waals surface area contributed by atoms with Crippen molar-refractivity contribution in [2.24, 2.45) is 0 Å². The van der Waals surface area contributed by atoms with Crippen molar-refractivity contribution < 1.29 is 31.1 Å². The summed E-state index contributed by atoms with van der Waals surface area (Å²) >= 11 is 0. The van der Waals surface area contributed by atoms with Crippen molar-refractivity contribution in [1.82, 2.24) is 15.2 Å². The van der Waals surface area contributed by atoms with E-state index in [-0.39, 0.29) is 11.6 Å². The van der Waals surface area contributed by atoms with Crippen LogP contribution in [0.15, 0.2) is 52.3 Å². The van der Waals surface area contributed by atoms with Crippen molar-refractivity contribution in [3.8, 4) is 5.88 Å². The van der Waals surface area contributed by atoms with Gasteiger partial charge in [-0.15, -0.1) is 5.10 Å². The molecule has 1 aromatic carbocycles. The molecule has 0 saturated heterocycles. The van der Waals surface area contributed by atoms with Gasteiger partial charge in [-0.2, -0.15) is 8.42 Å². The number of furan rings is 1. The summed E-state index contributed by atoms with van der Waals surface area (Å²) in [7, 11) is -2.89. The first kappa shape index (κ1) is 20.3. The molecule has 31 heavy (non-hydrogen) atoms. The Balaban J connectivity index is 1.65. The summed E-state index contributed by atoms with van der Waals surface area (Å²) < 4.78 is 65.4. The zero-order chi connectivity index (χ0) is 22.2. The van der Waals surface area contributed by atoms with E-state index in [2.05, 4.69) is 20.5 Å². The molecule has 0 aliphatic heterocycles. The van der Waals surface area contributed by atoms with Crippen LogP contribution >= 0.6 is 0 Å². The Kier molecular flexibility index (Phi) is 5.02. The topological polar surface area (TPSA) is 139 Å². The van der Waals surface area contributed by atoms with Gasteiger partial charge in [0.15, 0.2) is 11.5 Å². The maximum absolute atomic E-state index is 14.9. The third kappa shape index (κ3) is 3.77. The molecule has 0 fully saturated rings. The van der Waals surface area contributed by atoms with E-state index in [0.717, 1.165) is 24.5 Å². The van der Waals surface area contributed by atoms with Gasteiger partial charge in [-0.05, 0) is 30.3 Å². The first-order valence-electron chi connectivity index (χ1n) is 8.54. The molecule has 0 radical (unpaired) electrons. The maximum Gasteiger partial charge on any atom is 0.295 e. The fraction of sp³-hybridized carbons (Fsp3) is 0.0556. The molecular formula is C18H13F2N5O5S. The number of carbonyl (C=O) groups excluding carboxylic acids is 1. The number of nitrogens with one attached hydrogen (secondary N) is 3. The highest BCUT2D eigenvalue weighted by atomic mass is 32.2. The Morgan fingerprint density at radius 1 is 1.26 bits per heavy atom. The Hall–Kier alpha value is -4.00. The Labute approximate surface area is 173 Å². The lowest BCUT2D eigenvalue weighted by atomic mass is 10.1. The lowest BCUT2D eigenvalue weighted by molar-refractivity contribution is 0.101. The van der Waals surface area contributed by atoms with E-state index in [0.29, 0.717) is 11.0 Å². The predicted octanol–water partition coefficient (Wildman–Crippen LogP) is 2.89. The second-order valence-electron chi connectivity index (χ2n) is 6.13. The quantitative estimate of drug-likeness (QED) is 0.411. The fourth-order valence-electron chi connectivity index (χ4n) is 2.75. The normalized spacial score (nSPS) is 11.5. The van der Waals surface area contributed by atoms with E-state index in [1.807, 2.05) is 4.72 Å². The van der Waals surface area contributed by atoms with Crippen LogP contribution in [0.5, 0.6) is 5.88 Å². The first-order valence-corrected chi connectivity index (χ1v) is 10.0. The summed E-state index contributed by atoms with van der Waals surface area (Å²) in [5.41, 5.74) is -1.13. The van der Waals surface area contributed by atoms with Crippen molar-refractivity contribution in [2.75, 3.05) is 17.1 Å². The van der Waals surface area contributed by atoms with Gasteiger partial charge in [0.2, 0.25) is 11.0 Å². The number of aromatic nitrogens is 3. The fourth-order valence-corrected chi connectivity index (χ4v) is 3.74. The molecule has 0 spiro atoms. The molecule has 3 heterocycles. The molecule has 0 atom stereocenters. The minimum absolute atomic E-state index is 0.109. The smallest absolute Gasteiger partial charge is 0.295 e. The largest absolute Gasteiger partial charge is 0.479 e. The zero-order valence-electron chi connectivity index (χ0n) is 15.6. The number of carbonyl (C=O) groups is 1. The Bertz CT molecular complexity index is 1390. The number of methoxy groups -OCH3 is 1. The van der Waals surface area contributed by atoms with Crippen LogP contribution in [0.1, 0.15) is 10.4 Å². The van der Waals surface area contributed by atoms with Gasteiger partial charge >= 0.3 is 0 Å². The lowest BCUT2D eigenvalue weighted by Crippen LogP contribution is -2.19. The molecule has 0 bridgehead atoms. The number of benzene rings is 1. The Morgan fingerprint density at radius 2 is 2.06 bits per heavy atom. The number of hydrogen-bond donors (Lipinski definition) is 3. The molecule has 3 aromatic heterocycles. The van der Waals surface area contributed by atoms with Crippen LogP contribution in [0.4, 0.5) is 20.2 Å². The van der Waals surface area contributed by atoms with Crippen molar-refractivity contribution in [3.05, 3.63) is 60.0 Å². The van der Waals surface area contributed by atoms with Crippen LogP contribution in [-0.2, 0) is 10.0 Å². The number of H-pyrrole nitrogens is 1. The third-order valence-corrected chi connectivity index (χ3v) is 5.41. The number of rotatable bonds is 6. The number of anilines is 2. The summed E-state index contributed by atoms with van der Waals surface area (Å²) in [5, 5.41) is 8.76. The molecule has 0 aliphatic rings. The summed E-state index contributed by atoms with van der Waals surface area (Å²) in [6, 6.07) is 5.53. The van der Waals surface area contributed by atoms with Crippen LogP contribution in [0, 0.1) is 11.6 Å². The van der Waals surface area contributed by atoms with Crippen LogP contribution in [-0.4, -0.2) is 36.6 Å². The van der Waals surface area contributed by atoms with E-state index in [4.69, 9.17) is 9.15 Å². The molecule has 10 nitrogen and oxygen atoms in total. The number of aromatic amines is 1. The van der Waals surface area contributed by atoms with Gasteiger partial charge in [-0.3, -0.25) is 14.6 Å². The van der Waals surface area contributed by atoms with E-state index in [1.165, 1.54) is 25.4 Å². The lowest BCUT2D eigenvalue weighted by Gasteiger charge is -2.11.